The predicted molar refractivity (Wildman–Crippen MR) is 70.1 cm³/mol. The Morgan fingerprint density at radius 2 is 1.82 bits per heavy atom. The van der Waals surface area contributed by atoms with Crippen molar-refractivity contribution in [2.24, 2.45) is 0 Å². The number of aromatic nitrogens is 2. The molecular weight excluding hydrogens is 212 g/mol. The second-order valence-electron chi connectivity index (χ2n) is 5.54. The predicted octanol–water partition coefficient (Wildman–Crippen LogP) is 3.49. The van der Waals surface area contributed by atoms with Gasteiger partial charge in [0.15, 0.2) is 0 Å². The Hall–Kier alpha value is -1.35. The minimum absolute atomic E-state index is 0.134. The maximum absolute atomic E-state index is 5.71. The molecule has 0 atom stereocenters. The normalized spacial score (nSPS) is 12.3. The average Bonchev–Trinajstić information content (AvgIpc) is 2.57. The first-order chi connectivity index (χ1) is 7.85. The van der Waals surface area contributed by atoms with Gasteiger partial charge in [-0.05, 0) is 57.9 Å². The van der Waals surface area contributed by atoms with Gasteiger partial charge in [-0.25, -0.2) is 4.98 Å². The number of aryl methyl sites for hydroxylation is 2. The summed E-state index contributed by atoms with van der Waals surface area (Å²) in [4.78, 5) is 7.84. The van der Waals surface area contributed by atoms with Crippen LogP contribution in [0, 0.1) is 13.8 Å². The van der Waals surface area contributed by atoms with Crippen LogP contribution in [0.3, 0.4) is 0 Å². The Labute approximate surface area is 102 Å². The van der Waals surface area contributed by atoms with Crippen LogP contribution in [0.1, 0.15) is 37.7 Å². The molecule has 0 amide bonds. The molecule has 0 aliphatic carbocycles. The summed E-state index contributed by atoms with van der Waals surface area (Å²) < 4.78 is 5.71. The number of H-pyrrole nitrogens is 1. The van der Waals surface area contributed by atoms with E-state index in [0.717, 1.165) is 16.9 Å². The van der Waals surface area contributed by atoms with Crippen LogP contribution in [0.25, 0.3) is 11.0 Å². The number of hydrogen-bond acceptors (Lipinski definition) is 2. The van der Waals surface area contributed by atoms with E-state index in [1.165, 1.54) is 11.1 Å². The Bertz CT molecular complexity index is 496. The molecule has 0 spiro atoms. The van der Waals surface area contributed by atoms with Crippen LogP contribution in [0.15, 0.2) is 12.1 Å². The lowest BCUT2D eigenvalue weighted by Crippen LogP contribution is -2.19. The van der Waals surface area contributed by atoms with E-state index in [0.29, 0.717) is 6.61 Å². The molecule has 1 aromatic carbocycles. The van der Waals surface area contributed by atoms with Gasteiger partial charge in [-0.2, -0.15) is 0 Å². The lowest BCUT2D eigenvalue weighted by atomic mass is 10.1. The fourth-order valence-corrected chi connectivity index (χ4v) is 1.68. The summed E-state index contributed by atoms with van der Waals surface area (Å²) in [6.07, 6.45) is 0. The van der Waals surface area contributed by atoms with E-state index in [1.54, 1.807) is 0 Å². The minimum atomic E-state index is -0.134. The first-order valence-corrected chi connectivity index (χ1v) is 5.95. The van der Waals surface area contributed by atoms with Gasteiger partial charge in [0.25, 0.3) is 0 Å². The van der Waals surface area contributed by atoms with Crippen LogP contribution >= 0.6 is 0 Å². The van der Waals surface area contributed by atoms with Gasteiger partial charge in [0, 0.05) is 0 Å². The van der Waals surface area contributed by atoms with Gasteiger partial charge < -0.3 is 9.72 Å². The van der Waals surface area contributed by atoms with E-state index in [1.807, 2.05) is 20.8 Å². The summed E-state index contributed by atoms with van der Waals surface area (Å²) >= 11 is 0. The minimum Gasteiger partial charge on any atom is -0.368 e. The number of ether oxygens (including phenoxy) is 1. The third-order valence-electron chi connectivity index (χ3n) is 2.79. The van der Waals surface area contributed by atoms with E-state index in [4.69, 9.17) is 4.74 Å². The molecule has 0 radical (unpaired) electrons. The van der Waals surface area contributed by atoms with Crippen molar-refractivity contribution in [3.63, 3.8) is 0 Å². The van der Waals surface area contributed by atoms with Crippen molar-refractivity contribution in [3.8, 4) is 0 Å². The number of fused-ring (bicyclic) bond motifs is 1. The fourth-order valence-electron chi connectivity index (χ4n) is 1.68. The topological polar surface area (TPSA) is 37.9 Å². The van der Waals surface area contributed by atoms with Crippen molar-refractivity contribution in [3.05, 3.63) is 29.1 Å². The van der Waals surface area contributed by atoms with E-state index < -0.39 is 0 Å². The van der Waals surface area contributed by atoms with Gasteiger partial charge >= 0.3 is 0 Å². The quantitative estimate of drug-likeness (QED) is 0.860. The lowest BCUT2D eigenvalue weighted by molar-refractivity contribution is -0.0177. The number of aromatic amines is 1. The second-order valence-corrected chi connectivity index (χ2v) is 5.54. The van der Waals surface area contributed by atoms with Crippen LogP contribution in [-0.4, -0.2) is 15.6 Å². The molecule has 1 N–H and O–H groups in total. The zero-order valence-corrected chi connectivity index (χ0v) is 11.2. The molecule has 3 heteroatoms. The number of hydrogen-bond donors (Lipinski definition) is 1. The third-order valence-corrected chi connectivity index (χ3v) is 2.79. The number of nitrogens with one attached hydrogen (secondary N) is 1. The van der Waals surface area contributed by atoms with Crippen LogP contribution < -0.4 is 0 Å². The molecule has 0 aliphatic heterocycles. The van der Waals surface area contributed by atoms with Crippen LogP contribution in [-0.2, 0) is 11.3 Å². The van der Waals surface area contributed by atoms with Gasteiger partial charge in [0.2, 0.25) is 0 Å². The van der Waals surface area contributed by atoms with Crippen LogP contribution in [0.5, 0.6) is 0 Å². The molecule has 0 saturated carbocycles. The number of rotatable bonds is 2. The van der Waals surface area contributed by atoms with E-state index in [9.17, 15) is 0 Å². The molecule has 0 saturated heterocycles. The molecule has 0 fully saturated rings. The highest BCUT2D eigenvalue weighted by Gasteiger charge is 2.12. The number of nitrogens with zero attached hydrogens (tertiary/aromatic N) is 1. The zero-order valence-electron chi connectivity index (χ0n) is 11.2. The Balaban J connectivity index is 2.26. The molecule has 0 bridgehead atoms. The van der Waals surface area contributed by atoms with Gasteiger partial charge in [0.05, 0.1) is 16.6 Å². The van der Waals surface area contributed by atoms with Crippen molar-refractivity contribution in [1.29, 1.82) is 0 Å². The van der Waals surface area contributed by atoms with Crippen molar-refractivity contribution < 1.29 is 4.74 Å². The Morgan fingerprint density at radius 1 is 1.18 bits per heavy atom. The van der Waals surface area contributed by atoms with E-state index >= 15 is 0 Å². The fraction of sp³-hybridized carbons (Fsp3) is 0.500. The lowest BCUT2D eigenvalue weighted by Gasteiger charge is -2.18. The molecule has 3 nitrogen and oxygen atoms in total. The summed E-state index contributed by atoms with van der Waals surface area (Å²) in [6.45, 7) is 10.9. The molecule has 2 aromatic rings. The molecule has 0 unspecified atom stereocenters. The first-order valence-electron chi connectivity index (χ1n) is 5.95. The summed E-state index contributed by atoms with van der Waals surface area (Å²) in [5, 5.41) is 0. The molecule has 17 heavy (non-hydrogen) atoms. The van der Waals surface area contributed by atoms with Crippen molar-refractivity contribution >= 4 is 11.0 Å². The second kappa shape index (κ2) is 4.15. The molecule has 0 aliphatic rings. The van der Waals surface area contributed by atoms with Crippen LogP contribution in [0.4, 0.5) is 0 Å². The standard InChI is InChI=1S/C14H20N2O/c1-9-6-11-12(7-10(9)2)16-13(15-11)8-17-14(3,4)5/h6-7H,8H2,1-5H3,(H,15,16). The summed E-state index contributed by atoms with van der Waals surface area (Å²) in [6, 6.07) is 4.25. The number of benzene rings is 1. The third kappa shape index (κ3) is 2.86. The van der Waals surface area contributed by atoms with Crippen molar-refractivity contribution in [2.75, 3.05) is 0 Å². The van der Waals surface area contributed by atoms with Crippen molar-refractivity contribution in [1.82, 2.24) is 9.97 Å². The summed E-state index contributed by atoms with van der Waals surface area (Å²) in [7, 11) is 0. The number of imidazole rings is 1. The first kappa shape index (κ1) is 12.1. The summed E-state index contributed by atoms with van der Waals surface area (Å²) in [5.74, 6) is 0.889. The smallest absolute Gasteiger partial charge is 0.133 e. The van der Waals surface area contributed by atoms with Crippen LogP contribution in [0.2, 0.25) is 0 Å². The molecular formula is C14H20N2O. The maximum atomic E-state index is 5.71. The molecule has 92 valence electrons. The zero-order chi connectivity index (χ0) is 12.6. The SMILES string of the molecule is Cc1cc2nc(COC(C)(C)C)[nH]c2cc1C. The largest absolute Gasteiger partial charge is 0.368 e. The highest BCUT2D eigenvalue weighted by molar-refractivity contribution is 5.77. The van der Waals surface area contributed by atoms with Crippen molar-refractivity contribution in [2.45, 2.75) is 46.8 Å². The maximum Gasteiger partial charge on any atom is 0.133 e. The van der Waals surface area contributed by atoms with E-state index in [-0.39, 0.29) is 5.60 Å². The molecule has 2 rings (SSSR count). The highest BCUT2D eigenvalue weighted by Crippen LogP contribution is 2.18. The monoisotopic (exact) mass is 232 g/mol. The molecule has 1 heterocycles. The molecule has 1 aromatic heterocycles. The summed E-state index contributed by atoms with van der Waals surface area (Å²) in [5.41, 5.74) is 4.52. The average molecular weight is 232 g/mol. The highest BCUT2D eigenvalue weighted by atomic mass is 16.5. The van der Waals surface area contributed by atoms with Gasteiger partial charge in [-0.3, -0.25) is 0 Å². The van der Waals surface area contributed by atoms with Gasteiger partial charge in [0.1, 0.15) is 12.4 Å². The van der Waals surface area contributed by atoms with E-state index in [2.05, 4.69) is 35.9 Å². The Kier molecular flexibility index (Phi) is 2.96. The van der Waals surface area contributed by atoms with Gasteiger partial charge in [-0.15, -0.1) is 0 Å². The van der Waals surface area contributed by atoms with Gasteiger partial charge in [-0.1, -0.05) is 0 Å². The Morgan fingerprint density at radius 3 is 2.47 bits per heavy atom.